The second-order valence-corrected chi connectivity index (χ2v) is 5.29. The van der Waals surface area contributed by atoms with Crippen molar-refractivity contribution in [2.75, 3.05) is 12.3 Å². The summed E-state index contributed by atoms with van der Waals surface area (Å²) in [6.07, 6.45) is 3.38. The largest absolute Gasteiger partial charge is 0.490 e. The van der Waals surface area contributed by atoms with E-state index in [0.29, 0.717) is 18.2 Å². The lowest BCUT2D eigenvalue weighted by atomic mass is 9.83. The Morgan fingerprint density at radius 1 is 1.20 bits per heavy atom. The van der Waals surface area contributed by atoms with E-state index in [9.17, 15) is 4.39 Å². The van der Waals surface area contributed by atoms with Gasteiger partial charge in [0.25, 0.3) is 0 Å². The minimum absolute atomic E-state index is 0.280. The Morgan fingerprint density at radius 2 is 2.05 bits per heavy atom. The van der Waals surface area contributed by atoms with Crippen molar-refractivity contribution in [3.63, 3.8) is 0 Å². The van der Waals surface area contributed by atoms with Gasteiger partial charge in [0.1, 0.15) is 0 Å². The molecule has 0 aromatic heterocycles. The van der Waals surface area contributed by atoms with E-state index in [2.05, 4.69) is 24.3 Å². The molecule has 0 saturated carbocycles. The molecule has 2 aromatic carbocycles. The Morgan fingerprint density at radius 3 is 2.90 bits per heavy atom. The van der Waals surface area contributed by atoms with Gasteiger partial charge in [0.2, 0.25) is 0 Å². The van der Waals surface area contributed by atoms with Crippen LogP contribution in [0, 0.1) is 5.82 Å². The van der Waals surface area contributed by atoms with Crippen LogP contribution in [0.2, 0.25) is 0 Å². The Labute approximate surface area is 118 Å². The van der Waals surface area contributed by atoms with Crippen molar-refractivity contribution in [1.82, 2.24) is 0 Å². The van der Waals surface area contributed by atoms with Gasteiger partial charge < -0.3 is 10.5 Å². The number of nitrogen functional groups attached to an aromatic ring is 1. The lowest BCUT2D eigenvalue weighted by Crippen LogP contribution is -2.17. The van der Waals surface area contributed by atoms with Crippen LogP contribution in [-0.2, 0) is 6.42 Å². The van der Waals surface area contributed by atoms with Gasteiger partial charge in [-0.2, -0.15) is 0 Å². The van der Waals surface area contributed by atoms with Crippen molar-refractivity contribution in [1.29, 1.82) is 0 Å². The highest BCUT2D eigenvalue weighted by Crippen LogP contribution is 2.32. The van der Waals surface area contributed by atoms with Gasteiger partial charge in [0, 0.05) is 17.7 Å². The fraction of sp³-hybridized carbons (Fsp3) is 0.294. The number of halogens is 1. The molecule has 20 heavy (non-hydrogen) atoms. The number of hydrogen-bond acceptors (Lipinski definition) is 2. The van der Waals surface area contributed by atoms with Crippen LogP contribution in [0.4, 0.5) is 10.1 Å². The molecule has 1 atom stereocenters. The lowest BCUT2D eigenvalue weighted by Gasteiger charge is -2.25. The van der Waals surface area contributed by atoms with Gasteiger partial charge in [0.05, 0.1) is 6.61 Å². The first-order valence-electron chi connectivity index (χ1n) is 6.99. The highest BCUT2D eigenvalue weighted by atomic mass is 19.1. The zero-order chi connectivity index (χ0) is 13.9. The van der Waals surface area contributed by atoms with E-state index in [0.717, 1.165) is 19.3 Å². The molecule has 0 bridgehead atoms. The first-order chi connectivity index (χ1) is 9.74. The molecular weight excluding hydrogens is 253 g/mol. The predicted molar refractivity (Wildman–Crippen MR) is 78.4 cm³/mol. The van der Waals surface area contributed by atoms with Gasteiger partial charge in [-0.1, -0.05) is 24.3 Å². The van der Waals surface area contributed by atoms with E-state index in [1.807, 2.05) is 0 Å². The van der Waals surface area contributed by atoms with Crippen molar-refractivity contribution in [2.24, 2.45) is 0 Å². The number of nitrogens with two attached hydrogens (primary N) is 1. The molecule has 104 valence electrons. The van der Waals surface area contributed by atoms with Crippen molar-refractivity contribution in [2.45, 2.75) is 25.2 Å². The SMILES string of the molecule is Nc1ccc(OCC2CCCc3ccccc32)c(F)c1. The average Bonchev–Trinajstić information content (AvgIpc) is 2.46. The second-order valence-electron chi connectivity index (χ2n) is 5.29. The molecule has 2 nitrogen and oxygen atoms in total. The van der Waals surface area contributed by atoms with E-state index in [1.165, 1.54) is 17.2 Å². The highest BCUT2D eigenvalue weighted by Gasteiger charge is 2.20. The lowest BCUT2D eigenvalue weighted by molar-refractivity contribution is 0.263. The standard InChI is InChI=1S/C17H18FNO/c18-16-10-14(19)8-9-17(16)20-11-13-6-3-5-12-4-1-2-7-15(12)13/h1-2,4,7-10,13H,3,5-6,11,19H2. The molecule has 1 unspecified atom stereocenters. The predicted octanol–water partition coefficient (Wildman–Crippen LogP) is 3.91. The van der Waals surface area contributed by atoms with Crippen molar-refractivity contribution < 1.29 is 9.13 Å². The molecule has 0 saturated heterocycles. The Balaban J connectivity index is 1.73. The zero-order valence-electron chi connectivity index (χ0n) is 11.3. The minimum Gasteiger partial charge on any atom is -0.490 e. The summed E-state index contributed by atoms with van der Waals surface area (Å²) >= 11 is 0. The van der Waals surface area contributed by atoms with E-state index < -0.39 is 5.82 Å². The number of rotatable bonds is 3. The van der Waals surface area contributed by atoms with Gasteiger partial charge in [-0.3, -0.25) is 0 Å². The maximum Gasteiger partial charge on any atom is 0.167 e. The summed E-state index contributed by atoms with van der Waals surface area (Å²) in [5.74, 6) is 0.230. The normalized spacial score (nSPS) is 17.6. The molecule has 0 heterocycles. The quantitative estimate of drug-likeness (QED) is 0.859. The van der Waals surface area contributed by atoms with Gasteiger partial charge in [0.15, 0.2) is 11.6 Å². The van der Waals surface area contributed by atoms with Crippen LogP contribution in [0.25, 0.3) is 0 Å². The Hall–Kier alpha value is -2.03. The molecule has 0 amide bonds. The van der Waals surface area contributed by atoms with Crippen molar-refractivity contribution in [3.8, 4) is 5.75 Å². The molecule has 0 aliphatic heterocycles. The number of anilines is 1. The smallest absolute Gasteiger partial charge is 0.167 e. The van der Waals surface area contributed by atoms with Crippen LogP contribution >= 0.6 is 0 Å². The topological polar surface area (TPSA) is 35.2 Å². The van der Waals surface area contributed by atoms with E-state index in [4.69, 9.17) is 10.5 Å². The molecule has 3 heteroatoms. The number of fused-ring (bicyclic) bond motifs is 1. The summed E-state index contributed by atoms with van der Waals surface area (Å²) in [4.78, 5) is 0. The maximum atomic E-state index is 13.7. The fourth-order valence-electron chi connectivity index (χ4n) is 2.85. The summed E-state index contributed by atoms with van der Waals surface area (Å²) in [5.41, 5.74) is 8.68. The molecule has 3 rings (SSSR count). The van der Waals surface area contributed by atoms with E-state index >= 15 is 0 Å². The van der Waals surface area contributed by atoms with Gasteiger partial charge >= 0.3 is 0 Å². The van der Waals surface area contributed by atoms with Crippen LogP contribution in [0.15, 0.2) is 42.5 Å². The van der Waals surface area contributed by atoms with Gasteiger partial charge in [-0.05, 0) is 42.5 Å². The van der Waals surface area contributed by atoms with Crippen LogP contribution in [-0.4, -0.2) is 6.61 Å². The number of benzene rings is 2. The van der Waals surface area contributed by atoms with Gasteiger partial charge in [-0.25, -0.2) is 4.39 Å². The highest BCUT2D eigenvalue weighted by molar-refractivity contribution is 5.43. The summed E-state index contributed by atoms with van der Waals surface area (Å²) in [5, 5.41) is 0. The summed E-state index contributed by atoms with van der Waals surface area (Å²) in [6, 6.07) is 13.0. The monoisotopic (exact) mass is 271 g/mol. The minimum atomic E-state index is -0.394. The average molecular weight is 271 g/mol. The Kier molecular flexibility index (Phi) is 3.59. The molecular formula is C17H18FNO. The van der Waals surface area contributed by atoms with Crippen molar-refractivity contribution >= 4 is 5.69 Å². The van der Waals surface area contributed by atoms with Crippen molar-refractivity contribution in [3.05, 3.63) is 59.4 Å². The Bertz CT molecular complexity index is 612. The van der Waals surface area contributed by atoms with E-state index in [1.54, 1.807) is 12.1 Å². The molecule has 0 fully saturated rings. The first kappa shape index (κ1) is 13.0. The van der Waals surface area contributed by atoms with Gasteiger partial charge in [-0.15, -0.1) is 0 Å². The number of hydrogen-bond donors (Lipinski definition) is 1. The maximum absolute atomic E-state index is 13.7. The van der Waals surface area contributed by atoms with E-state index in [-0.39, 0.29) is 5.75 Å². The van der Waals surface area contributed by atoms with Crippen LogP contribution < -0.4 is 10.5 Å². The third-order valence-electron chi connectivity index (χ3n) is 3.89. The molecule has 0 radical (unpaired) electrons. The van der Waals surface area contributed by atoms with Crippen LogP contribution in [0.3, 0.4) is 0 Å². The molecule has 0 spiro atoms. The fourth-order valence-corrected chi connectivity index (χ4v) is 2.85. The summed E-state index contributed by atoms with van der Waals surface area (Å²) in [7, 11) is 0. The van der Waals surface area contributed by atoms with Crippen LogP contribution in [0.5, 0.6) is 5.75 Å². The molecule has 1 aliphatic rings. The zero-order valence-corrected chi connectivity index (χ0v) is 11.3. The molecule has 1 aliphatic carbocycles. The van der Waals surface area contributed by atoms with Crippen LogP contribution in [0.1, 0.15) is 29.9 Å². The molecule has 2 aromatic rings. The molecule has 2 N–H and O–H groups in total. The number of ether oxygens (including phenoxy) is 1. The third-order valence-corrected chi connectivity index (χ3v) is 3.89. The number of aryl methyl sites for hydroxylation is 1. The third kappa shape index (κ3) is 2.62. The summed E-state index contributed by atoms with van der Waals surface area (Å²) < 4.78 is 19.4. The second kappa shape index (κ2) is 5.53. The first-order valence-corrected chi connectivity index (χ1v) is 6.99. The summed E-state index contributed by atoms with van der Waals surface area (Å²) in [6.45, 7) is 0.512.